The molecular formula is C47H86N2O44S8. The van der Waals surface area contributed by atoms with Gasteiger partial charge in [0, 0.05) is 57.4 Å². The van der Waals surface area contributed by atoms with E-state index in [1.165, 1.54) is 13.8 Å². The Balaban J connectivity index is 1.12. The van der Waals surface area contributed by atoms with E-state index in [9.17, 15) is 113 Å². The fourth-order valence-electron chi connectivity index (χ4n) is 10.4. The molecule has 10 N–H and O–H groups in total. The van der Waals surface area contributed by atoms with Crippen molar-refractivity contribution in [3.63, 3.8) is 0 Å². The molecule has 101 heavy (non-hydrogen) atoms. The van der Waals surface area contributed by atoms with Crippen LogP contribution in [0.1, 0.15) is 119 Å². The zero-order valence-electron chi connectivity index (χ0n) is 54.6. The summed E-state index contributed by atoms with van der Waals surface area (Å²) >= 11 is 0. The van der Waals surface area contributed by atoms with E-state index in [1.807, 2.05) is 13.8 Å². The minimum absolute atomic E-state index is 0.00367. The van der Waals surface area contributed by atoms with Crippen LogP contribution in [-0.2, 0) is 174 Å². The summed E-state index contributed by atoms with van der Waals surface area (Å²) in [6, 6.07) is 0. The minimum Gasteiger partial charge on any atom is -0.380 e. The summed E-state index contributed by atoms with van der Waals surface area (Å²) < 4.78 is 359. The van der Waals surface area contributed by atoms with Gasteiger partial charge in [0.05, 0.1) is 50.8 Å². The molecule has 4 aliphatic rings. The number of carbonyl (C=O) groups is 2. The topological polar surface area (TPSA) is 659 Å². The van der Waals surface area contributed by atoms with Crippen molar-refractivity contribution >= 4 is 95.0 Å². The van der Waals surface area contributed by atoms with Gasteiger partial charge in [-0.05, 0) is 53.4 Å². The molecule has 0 aromatic carbocycles. The lowest BCUT2D eigenvalue weighted by atomic mass is 9.96. The molecule has 4 heterocycles. The fourth-order valence-corrected chi connectivity index (χ4v) is 14.3. The van der Waals surface area contributed by atoms with Crippen molar-refractivity contribution in [1.82, 2.24) is 10.6 Å². The highest BCUT2D eigenvalue weighted by molar-refractivity contribution is 7.82. The molecule has 4 rings (SSSR count). The molecule has 18 unspecified atom stereocenters. The molecule has 46 nitrogen and oxygen atoms in total. The lowest BCUT2D eigenvalue weighted by molar-refractivity contribution is -0.334. The Morgan fingerprint density at radius 2 is 0.653 bits per heavy atom. The van der Waals surface area contributed by atoms with Crippen LogP contribution in [0.4, 0.5) is 0 Å². The van der Waals surface area contributed by atoms with E-state index in [0.717, 1.165) is 13.8 Å². The largest absolute Gasteiger partial charge is 0.397 e. The average molecular weight is 1640 g/mol. The molecule has 4 saturated heterocycles. The predicted molar refractivity (Wildman–Crippen MR) is 327 cm³/mol. The second-order valence-electron chi connectivity index (χ2n) is 23.8. The molecular weight excluding hydrogens is 1550 g/mol. The first-order chi connectivity index (χ1) is 46.2. The zero-order chi connectivity index (χ0) is 76.3. The molecule has 0 radical (unpaired) electrons. The normalized spacial score (nSPS) is 30.0. The van der Waals surface area contributed by atoms with Gasteiger partial charge < -0.3 is 58.0 Å². The molecule has 0 saturated carbocycles. The number of ether oxygens (including phenoxy) is 10. The van der Waals surface area contributed by atoms with E-state index in [1.54, 1.807) is 0 Å². The quantitative estimate of drug-likeness (QED) is 0.0239. The van der Waals surface area contributed by atoms with Crippen molar-refractivity contribution in [2.75, 3.05) is 52.7 Å². The van der Waals surface area contributed by atoms with Crippen LogP contribution in [0.15, 0.2) is 0 Å². The van der Waals surface area contributed by atoms with Gasteiger partial charge in [-0.3, -0.25) is 46.0 Å². The maximum absolute atomic E-state index is 12.5. The molecule has 0 aromatic heterocycles. The molecule has 0 aliphatic carbocycles. The van der Waals surface area contributed by atoms with Gasteiger partial charge in [0.25, 0.3) is 0 Å². The monoisotopic (exact) mass is 1640 g/mol. The molecule has 18 atom stereocenters. The van der Waals surface area contributed by atoms with Gasteiger partial charge in [-0.25, -0.2) is 33.5 Å². The van der Waals surface area contributed by atoms with E-state index in [2.05, 4.69) is 35.7 Å². The predicted octanol–water partition coefficient (Wildman–Crippen LogP) is -1.75. The number of nitrogens with one attached hydrogen (secondary N) is 2. The number of hydrogen-bond donors (Lipinski definition) is 10. The third-order valence-corrected chi connectivity index (χ3v) is 18.1. The first-order valence-electron chi connectivity index (χ1n) is 30.4. The Bertz CT molecular complexity index is 3340. The van der Waals surface area contributed by atoms with Gasteiger partial charge in [0.1, 0.15) is 36.6 Å². The van der Waals surface area contributed by atoms with Crippen molar-refractivity contribution in [1.29, 1.82) is 0 Å². The second kappa shape index (κ2) is 39.6. The Labute approximate surface area is 584 Å². The van der Waals surface area contributed by atoms with Crippen LogP contribution in [0.25, 0.3) is 0 Å². The van der Waals surface area contributed by atoms with Crippen molar-refractivity contribution in [3.05, 3.63) is 0 Å². The van der Waals surface area contributed by atoms with Crippen molar-refractivity contribution in [2.45, 2.75) is 229 Å². The molecule has 0 bridgehead atoms. The summed E-state index contributed by atoms with van der Waals surface area (Å²) in [6.45, 7) is 9.00. The molecule has 0 spiro atoms. The third-order valence-electron chi connectivity index (χ3n) is 14.3. The number of hydrogen-bond acceptors (Lipinski definition) is 36. The lowest BCUT2D eigenvalue weighted by Crippen LogP contribution is -2.63. The van der Waals surface area contributed by atoms with E-state index >= 15 is 0 Å². The molecule has 0 aromatic rings. The summed E-state index contributed by atoms with van der Waals surface area (Å²) in [4.78, 5) is 25.0. The van der Waals surface area contributed by atoms with Gasteiger partial charge >= 0.3 is 83.2 Å². The van der Waals surface area contributed by atoms with Crippen LogP contribution < -0.4 is 10.6 Å². The Kier molecular flexibility index (Phi) is 35.6. The van der Waals surface area contributed by atoms with Gasteiger partial charge in [0.15, 0.2) is 49.6 Å². The average Bonchev–Trinajstić information content (AvgIpc) is 0.777. The first-order valence-corrected chi connectivity index (χ1v) is 41.3. The Morgan fingerprint density at radius 3 is 0.960 bits per heavy atom. The third kappa shape index (κ3) is 36.8. The van der Waals surface area contributed by atoms with E-state index in [0.29, 0.717) is 38.5 Å². The molecule has 2 amide bonds. The van der Waals surface area contributed by atoms with Crippen LogP contribution >= 0.6 is 0 Å². The van der Waals surface area contributed by atoms with E-state index in [-0.39, 0.29) is 90.2 Å². The van der Waals surface area contributed by atoms with Gasteiger partial charge in [-0.2, -0.15) is 67.3 Å². The highest BCUT2D eigenvalue weighted by atomic mass is 32.3. The second-order valence-corrected chi connectivity index (χ2v) is 32.2. The highest BCUT2D eigenvalue weighted by Gasteiger charge is 2.57. The number of unbranched alkanes of at least 4 members (excludes halogenated alkanes) is 6. The lowest BCUT2D eigenvalue weighted by Gasteiger charge is -2.46. The van der Waals surface area contributed by atoms with Crippen LogP contribution in [0, 0.1) is 5.41 Å². The Hall–Kier alpha value is -2.50. The summed E-state index contributed by atoms with van der Waals surface area (Å²) in [5, 5.41) is 5.48. The van der Waals surface area contributed by atoms with Gasteiger partial charge in [-0.1, -0.05) is 39.5 Å². The maximum Gasteiger partial charge on any atom is 0.397 e. The zero-order valence-corrected chi connectivity index (χ0v) is 61.1. The van der Waals surface area contributed by atoms with Crippen molar-refractivity contribution in [2.24, 2.45) is 5.41 Å². The SMILES string of the molecule is CC1CC(OS(=O)(=O)O)C(OS(=O)(=O)O)C(OC2C(C)OC(OCCCCCCNC(=O)CCOCC(C)(C)COCCC(=O)NCCCCCCOC3OC(C)C(OC4OC(C)CC(OS(=O)(=O)O)C4OS(=O)(=O)O)C(OS(=O)(=O)O)C3OS(=O)(=O)O)C(OS(=O)(=O)O)C2OS(=O)(=O)O)O1. The molecule has 4 fully saturated rings. The summed E-state index contributed by atoms with van der Waals surface area (Å²) in [6.07, 6.45) is -33.4. The minimum atomic E-state index is -5.60. The van der Waals surface area contributed by atoms with E-state index < -0.39 is 212 Å². The van der Waals surface area contributed by atoms with Crippen LogP contribution in [0.2, 0.25) is 0 Å². The maximum atomic E-state index is 12.5. The number of rotatable bonds is 46. The van der Waals surface area contributed by atoms with Crippen LogP contribution in [0.3, 0.4) is 0 Å². The highest BCUT2D eigenvalue weighted by Crippen LogP contribution is 2.38. The van der Waals surface area contributed by atoms with E-state index in [4.69, 9.17) is 55.7 Å². The number of amides is 2. The van der Waals surface area contributed by atoms with Gasteiger partial charge in [0.2, 0.25) is 11.8 Å². The summed E-state index contributed by atoms with van der Waals surface area (Å²) in [5.74, 6) is -0.650. The van der Waals surface area contributed by atoms with Crippen molar-refractivity contribution in [3.8, 4) is 0 Å². The standard InChI is InChI=1S/C47H86N2O44S8/c1-27-23-31(86-94(52,53)54)37(88-96(58,59)60)45(80-27)84-35-29(3)82-43(41(92-100(70,71)72)39(35)90-98(64,65)66)78-19-13-9-7-11-17-48-33(50)15-21-76-25-47(5,6)26-77-22-16-34(51)49-18-12-8-10-14-20-79-44-42(93-101(73,74)75)40(91-99(67,68)69)36(30(4)83-44)85-46-38(89-97(61,62)63)32(24-28(2)81-46)87-95(55,56)57/h27-32,35-46H,7-26H2,1-6H3,(H,48,50)(H,49,51)(H,52,53,54)(H,55,56,57)(H,58,59,60)(H,61,62,63)(H,64,65,66)(H,67,68,69)(H,70,71,72)(H,73,74,75). The first kappa shape index (κ1) is 90.9. The van der Waals surface area contributed by atoms with Gasteiger partial charge in [-0.15, -0.1) is 0 Å². The van der Waals surface area contributed by atoms with Crippen LogP contribution in [0.5, 0.6) is 0 Å². The molecule has 54 heteroatoms. The van der Waals surface area contributed by atoms with Crippen molar-refractivity contribution < 1.29 is 194 Å². The smallest absolute Gasteiger partial charge is 0.380 e. The number of carbonyl (C=O) groups excluding carboxylic acids is 2. The summed E-state index contributed by atoms with van der Waals surface area (Å²) in [7, 11) is -44.0. The molecule has 4 aliphatic heterocycles. The van der Waals surface area contributed by atoms with Crippen LogP contribution in [-0.4, -0.2) is 279 Å². The molecule has 596 valence electrons. The fraction of sp³-hybridized carbons (Fsp3) is 0.957. The Morgan fingerprint density at radius 1 is 0.366 bits per heavy atom. The summed E-state index contributed by atoms with van der Waals surface area (Å²) in [5.41, 5.74) is -0.536.